The number of ether oxygens (including phenoxy) is 1. The highest BCUT2D eigenvalue weighted by molar-refractivity contribution is 9.10. The summed E-state index contributed by atoms with van der Waals surface area (Å²) in [5.74, 6) is 0.554. The summed E-state index contributed by atoms with van der Waals surface area (Å²) in [6.07, 6.45) is 1.48. The summed E-state index contributed by atoms with van der Waals surface area (Å²) in [6, 6.07) is 13.3. The van der Waals surface area contributed by atoms with Gasteiger partial charge in [0.2, 0.25) is 5.89 Å². The Labute approximate surface area is 179 Å². The molecule has 0 spiro atoms. The van der Waals surface area contributed by atoms with E-state index in [1.54, 1.807) is 42.5 Å². The van der Waals surface area contributed by atoms with E-state index < -0.39 is 0 Å². The molecule has 0 atom stereocenters. The Kier molecular flexibility index (Phi) is 5.17. The second-order valence-electron chi connectivity index (χ2n) is 6.14. The van der Waals surface area contributed by atoms with Crippen molar-refractivity contribution in [3.63, 3.8) is 0 Å². The normalized spacial score (nSPS) is 11.4. The van der Waals surface area contributed by atoms with Gasteiger partial charge in [0.15, 0.2) is 17.1 Å². The van der Waals surface area contributed by atoms with Crippen LogP contribution >= 0.6 is 27.5 Å². The zero-order valence-corrected chi connectivity index (χ0v) is 17.4. The van der Waals surface area contributed by atoms with E-state index in [1.807, 2.05) is 0 Å². The summed E-state index contributed by atoms with van der Waals surface area (Å²) in [7, 11) is 1.47. The van der Waals surface area contributed by atoms with Crippen LogP contribution in [0.1, 0.15) is 5.56 Å². The Morgan fingerprint density at radius 1 is 1.14 bits per heavy atom. The third-order valence-corrected chi connectivity index (χ3v) is 4.90. The number of methoxy groups -OCH3 is 1. The van der Waals surface area contributed by atoms with E-state index in [-0.39, 0.29) is 17.4 Å². The van der Waals surface area contributed by atoms with Crippen LogP contribution in [0.2, 0.25) is 5.02 Å². The summed E-state index contributed by atoms with van der Waals surface area (Å²) < 4.78 is 11.6. The molecule has 4 rings (SSSR count). The number of benzene rings is 3. The van der Waals surface area contributed by atoms with Crippen LogP contribution in [0.15, 0.2) is 62.4 Å². The van der Waals surface area contributed by atoms with Crippen molar-refractivity contribution in [2.75, 3.05) is 7.11 Å². The molecule has 146 valence electrons. The molecule has 2 N–H and O–H groups in total. The maximum atomic E-state index is 10.4. The van der Waals surface area contributed by atoms with Gasteiger partial charge in [-0.25, -0.2) is 4.98 Å². The molecule has 0 saturated heterocycles. The quantitative estimate of drug-likeness (QED) is 0.351. The van der Waals surface area contributed by atoms with Crippen molar-refractivity contribution in [2.45, 2.75) is 0 Å². The van der Waals surface area contributed by atoms with E-state index in [0.29, 0.717) is 38.7 Å². The Bertz CT molecular complexity index is 1250. The van der Waals surface area contributed by atoms with Crippen LogP contribution in [-0.2, 0) is 0 Å². The molecule has 8 heteroatoms. The van der Waals surface area contributed by atoms with Gasteiger partial charge in [0.05, 0.1) is 18.4 Å². The molecule has 0 aliphatic carbocycles. The van der Waals surface area contributed by atoms with Crippen LogP contribution in [0.4, 0.5) is 5.69 Å². The first-order valence-corrected chi connectivity index (χ1v) is 9.62. The summed E-state index contributed by atoms with van der Waals surface area (Å²) >= 11 is 9.34. The fourth-order valence-corrected chi connectivity index (χ4v) is 3.41. The van der Waals surface area contributed by atoms with Crippen molar-refractivity contribution in [1.29, 1.82) is 0 Å². The maximum absolute atomic E-state index is 10.4. The van der Waals surface area contributed by atoms with E-state index in [1.165, 1.54) is 19.4 Å². The van der Waals surface area contributed by atoms with Crippen molar-refractivity contribution in [3.8, 4) is 28.7 Å². The molecular formula is C21H14BrClN2O4. The Morgan fingerprint density at radius 2 is 1.97 bits per heavy atom. The Hall–Kier alpha value is -3.03. The minimum atomic E-state index is -0.0339. The van der Waals surface area contributed by atoms with E-state index in [4.69, 9.17) is 20.8 Å². The number of halogens is 2. The van der Waals surface area contributed by atoms with Gasteiger partial charge in [0.25, 0.3) is 0 Å². The number of fused-ring (bicyclic) bond motifs is 1. The summed E-state index contributed by atoms with van der Waals surface area (Å²) in [5.41, 5.74) is 2.57. The predicted molar refractivity (Wildman–Crippen MR) is 116 cm³/mol. The van der Waals surface area contributed by atoms with Crippen molar-refractivity contribution < 1.29 is 19.4 Å². The zero-order chi connectivity index (χ0) is 20.5. The first-order chi connectivity index (χ1) is 13.9. The van der Waals surface area contributed by atoms with Gasteiger partial charge in [-0.2, -0.15) is 0 Å². The average molecular weight is 474 g/mol. The maximum Gasteiger partial charge on any atom is 0.231 e. The monoisotopic (exact) mass is 472 g/mol. The van der Waals surface area contributed by atoms with Crippen molar-refractivity contribution >= 4 is 50.5 Å². The number of oxazole rings is 1. The van der Waals surface area contributed by atoms with Crippen LogP contribution in [0.5, 0.6) is 17.2 Å². The van der Waals surface area contributed by atoms with Gasteiger partial charge < -0.3 is 19.4 Å². The van der Waals surface area contributed by atoms with Crippen LogP contribution < -0.4 is 4.74 Å². The number of phenols is 2. The number of phenolic OH excluding ortho intramolecular Hbond substituents is 2. The molecule has 1 heterocycles. The van der Waals surface area contributed by atoms with Crippen LogP contribution in [-0.4, -0.2) is 28.5 Å². The lowest BCUT2D eigenvalue weighted by molar-refractivity contribution is 0.373. The van der Waals surface area contributed by atoms with E-state index in [9.17, 15) is 10.2 Å². The van der Waals surface area contributed by atoms with Gasteiger partial charge in [0.1, 0.15) is 11.3 Å². The smallest absolute Gasteiger partial charge is 0.231 e. The molecule has 0 amide bonds. The number of aromatic nitrogens is 1. The molecule has 0 aliphatic rings. The number of nitrogens with zero attached hydrogens (tertiary/aromatic N) is 2. The molecule has 0 fully saturated rings. The molecule has 4 aromatic rings. The summed E-state index contributed by atoms with van der Waals surface area (Å²) in [5, 5.41) is 21.2. The van der Waals surface area contributed by atoms with Gasteiger partial charge >= 0.3 is 0 Å². The number of hydrogen-bond donors (Lipinski definition) is 2. The highest BCUT2D eigenvalue weighted by atomic mass is 79.9. The highest BCUT2D eigenvalue weighted by Crippen LogP contribution is 2.35. The summed E-state index contributed by atoms with van der Waals surface area (Å²) in [6.45, 7) is 0. The lowest BCUT2D eigenvalue weighted by Gasteiger charge is -2.07. The fourth-order valence-electron chi connectivity index (χ4n) is 2.79. The topological polar surface area (TPSA) is 88.1 Å². The molecule has 3 aromatic carbocycles. The lowest BCUT2D eigenvalue weighted by Crippen LogP contribution is -1.89. The highest BCUT2D eigenvalue weighted by Gasteiger charge is 2.13. The number of rotatable bonds is 4. The van der Waals surface area contributed by atoms with Gasteiger partial charge in [-0.05, 0) is 42.5 Å². The summed E-state index contributed by atoms with van der Waals surface area (Å²) in [4.78, 5) is 8.68. The van der Waals surface area contributed by atoms with Gasteiger partial charge in [-0.1, -0.05) is 27.5 Å². The molecular weight excluding hydrogens is 460 g/mol. The lowest BCUT2D eigenvalue weighted by atomic mass is 10.1. The third kappa shape index (κ3) is 3.92. The second-order valence-corrected chi connectivity index (χ2v) is 7.49. The second kappa shape index (κ2) is 7.77. The van der Waals surface area contributed by atoms with Crippen molar-refractivity contribution in [1.82, 2.24) is 4.98 Å². The first-order valence-electron chi connectivity index (χ1n) is 8.44. The minimum Gasteiger partial charge on any atom is -0.507 e. The minimum absolute atomic E-state index is 0.0228. The molecule has 1 aromatic heterocycles. The number of aliphatic imine (C=N–C) groups is 1. The zero-order valence-electron chi connectivity index (χ0n) is 15.1. The average Bonchev–Trinajstić information content (AvgIpc) is 3.11. The standard InChI is InChI=1S/C21H14BrClN2O4/c1-28-19-7-12(22)6-11(20(19)27)10-24-14-3-4-15(17(26)9-14)21-25-16-8-13(23)2-5-18(16)29-21/h2-10,26-27H,1H3. The Balaban J connectivity index is 1.65. The van der Waals surface area contributed by atoms with E-state index >= 15 is 0 Å². The van der Waals surface area contributed by atoms with Crippen LogP contribution in [0.3, 0.4) is 0 Å². The van der Waals surface area contributed by atoms with Crippen LogP contribution in [0.25, 0.3) is 22.6 Å². The molecule has 6 nitrogen and oxygen atoms in total. The molecule has 0 aliphatic heterocycles. The van der Waals surface area contributed by atoms with Gasteiger partial charge in [-0.3, -0.25) is 4.99 Å². The molecule has 0 saturated carbocycles. The molecule has 0 bridgehead atoms. The SMILES string of the molecule is COc1cc(Br)cc(C=Nc2ccc(-c3nc4cc(Cl)ccc4o3)c(O)c2)c1O. The van der Waals surface area contributed by atoms with Crippen LogP contribution in [0, 0.1) is 0 Å². The van der Waals surface area contributed by atoms with Crippen molar-refractivity contribution in [2.24, 2.45) is 4.99 Å². The Morgan fingerprint density at radius 3 is 2.72 bits per heavy atom. The van der Waals surface area contributed by atoms with Crippen molar-refractivity contribution in [3.05, 3.63) is 63.6 Å². The third-order valence-electron chi connectivity index (χ3n) is 4.20. The molecule has 29 heavy (non-hydrogen) atoms. The number of aromatic hydroxyl groups is 2. The fraction of sp³-hybridized carbons (Fsp3) is 0.0476. The largest absolute Gasteiger partial charge is 0.507 e. The molecule has 0 unspecified atom stereocenters. The van der Waals surface area contributed by atoms with E-state index in [0.717, 1.165) is 4.47 Å². The first kappa shape index (κ1) is 19.3. The number of hydrogen-bond acceptors (Lipinski definition) is 6. The van der Waals surface area contributed by atoms with Gasteiger partial charge in [0, 0.05) is 27.3 Å². The van der Waals surface area contributed by atoms with E-state index in [2.05, 4.69) is 25.9 Å². The van der Waals surface area contributed by atoms with Gasteiger partial charge in [-0.15, -0.1) is 0 Å². The molecule has 0 radical (unpaired) electrons. The predicted octanol–water partition coefficient (Wildman–Crippen LogP) is 6.08.